The molecule has 3 nitrogen and oxygen atoms in total. The van der Waals surface area contributed by atoms with E-state index in [9.17, 15) is 0 Å². The molecule has 0 saturated heterocycles. The van der Waals surface area contributed by atoms with E-state index in [0.29, 0.717) is 6.04 Å². The van der Waals surface area contributed by atoms with Gasteiger partial charge >= 0.3 is 0 Å². The molecule has 0 fully saturated rings. The largest absolute Gasteiger partial charge is 0.367 e. The second-order valence-corrected chi connectivity index (χ2v) is 5.17. The zero-order valence-corrected chi connectivity index (χ0v) is 12.0. The summed E-state index contributed by atoms with van der Waals surface area (Å²) in [4.78, 5) is 8.78. The Labute approximate surface area is 107 Å². The number of anilines is 1. The van der Waals surface area contributed by atoms with Gasteiger partial charge in [-0.2, -0.15) is 0 Å². The Morgan fingerprint density at radius 2 is 2.06 bits per heavy atom. The van der Waals surface area contributed by atoms with Gasteiger partial charge in [0.05, 0.1) is 11.9 Å². The zero-order valence-electron chi connectivity index (χ0n) is 10.4. The monoisotopic (exact) mass is 285 g/mol. The molecule has 90 valence electrons. The van der Waals surface area contributed by atoms with Crippen molar-refractivity contribution in [3.05, 3.63) is 22.9 Å². The molecule has 0 spiro atoms. The van der Waals surface area contributed by atoms with E-state index >= 15 is 0 Å². The maximum absolute atomic E-state index is 4.21. The van der Waals surface area contributed by atoms with Gasteiger partial charge in [0.15, 0.2) is 0 Å². The van der Waals surface area contributed by atoms with E-state index in [2.05, 4.69) is 64.7 Å². The SMILES string of the molecule is CCN(c1cncc(Br)c1)C(C)CN(C)C. The number of rotatable bonds is 5. The zero-order chi connectivity index (χ0) is 12.1. The molecule has 0 aliphatic rings. The first-order chi connectivity index (χ1) is 7.54. The Kier molecular flexibility index (Phi) is 5.22. The van der Waals surface area contributed by atoms with Crippen LogP contribution in [0.25, 0.3) is 0 Å². The van der Waals surface area contributed by atoms with Crippen LogP contribution < -0.4 is 4.90 Å². The first kappa shape index (κ1) is 13.5. The van der Waals surface area contributed by atoms with E-state index in [4.69, 9.17) is 0 Å². The van der Waals surface area contributed by atoms with Crippen LogP contribution in [-0.2, 0) is 0 Å². The summed E-state index contributed by atoms with van der Waals surface area (Å²) in [5.74, 6) is 0. The molecular formula is C12H20BrN3. The highest BCUT2D eigenvalue weighted by molar-refractivity contribution is 9.10. The Hall–Kier alpha value is -0.610. The van der Waals surface area contributed by atoms with E-state index in [0.717, 1.165) is 17.6 Å². The second-order valence-electron chi connectivity index (χ2n) is 4.26. The highest BCUT2D eigenvalue weighted by Crippen LogP contribution is 2.20. The van der Waals surface area contributed by atoms with Crippen molar-refractivity contribution < 1.29 is 0 Å². The van der Waals surface area contributed by atoms with Crippen LogP contribution in [0.5, 0.6) is 0 Å². The van der Waals surface area contributed by atoms with Crippen LogP contribution in [0.4, 0.5) is 5.69 Å². The lowest BCUT2D eigenvalue weighted by molar-refractivity contribution is 0.373. The summed E-state index contributed by atoms with van der Waals surface area (Å²) in [6.07, 6.45) is 3.73. The Balaban J connectivity index is 2.81. The maximum Gasteiger partial charge on any atom is 0.0566 e. The first-order valence-corrected chi connectivity index (χ1v) is 6.35. The average molecular weight is 286 g/mol. The lowest BCUT2D eigenvalue weighted by atomic mass is 10.2. The van der Waals surface area contributed by atoms with Crippen molar-refractivity contribution in [1.29, 1.82) is 0 Å². The minimum absolute atomic E-state index is 0.482. The molecule has 4 heteroatoms. The Bertz CT molecular complexity index is 328. The molecule has 0 aliphatic heterocycles. The minimum atomic E-state index is 0.482. The van der Waals surface area contributed by atoms with Crippen LogP contribution in [-0.4, -0.2) is 43.1 Å². The molecule has 16 heavy (non-hydrogen) atoms. The van der Waals surface area contributed by atoms with Gasteiger partial charge in [-0.3, -0.25) is 4.98 Å². The number of aromatic nitrogens is 1. The normalized spacial score (nSPS) is 12.9. The van der Waals surface area contributed by atoms with Crippen molar-refractivity contribution >= 4 is 21.6 Å². The summed E-state index contributed by atoms with van der Waals surface area (Å²) in [6, 6.07) is 2.60. The number of hydrogen-bond donors (Lipinski definition) is 0. The average Bonchev–Trinajstić information content (AvgIpc) is 2.17. The minimum Gasteiger partial charge on any atom is -0.367 e. The molecule has 0 saturated carbocycles. The van der Waals surface area contributed by atoms with Crippen molar-refractivity contribution in [1.82, 2.24) is 9.88 Å². The van der Waals surface area contributed by atoms with Crippen LogP contribution in [0.2, 0.25) is 0 Å². The lowest BCUT2D eigenvalue weighted by Crippen LogP contribution is -2.40. The molecule has 0 N–H and O–H groups in total. The fraction of sp³-hybridized carbons (Fsp3) is 0.583. The fourth-order valence-electron chi connectivity index (χ4n) is 1.93. The maximum atomic E-state index is 4.21. The van der Waals surface area contributed by atoms with E-state index in [1.165, 1.54) is 5.69 Å². The summed E-state index contributed by atoms with van der Waals surface area (Å²) >= 11 is 3.46. The highest BCUT2D eigenvalue weighted by Gasteiger charge is 2.13. The van der Waals surface area contributed by atoms with Crippen molar-refractivity contribution in [2.45, 2.75) is 19.9 Å². The van der Waals surface area contributed by atoms with Gasteiger partial charge < -0.3 is 9.80 Å². The van der Waals surface area contributed by atoms with Gasteiger partial charge in [-0.05, 0) is 49.9 Å². The molecule has 1 atom stereocenters. The van der Waals surface area contributed by atoms with E-state index in [1.807, 2.05) is 12.4 Å². The predicted octanol–water partition coefficient (Wildman–Crippen LogP) is 2.62. The second kappa shape index (κ2) is 6.21. The fourth-order valence-corrected chi connectivity index (χ4v) is 2.29. The van der Waals surface area contributed by atoms with Gasteiger partial charge in [0, 0.05) is 29.8 Å². The Morgan fingerprint density at radius 3 is 2.56 bits per heavy atom. The molecule has 1 heterocycles. The van der Waals surface area contributed by atoms with Crippen LogP contribution in [0, 0.1) is 0 Å². The van der Waals surface area contributed by atoms with Gasteiger partial charge in [0.25, 0.3) is 0 Å². The van der Waals surface area contributed by atoms with E-state index in [-0.39, 0.29) is 0 Å². The van der Waals surface area contributed by atoms with E-state index < -0.39 is 0 Å². The van der Waals surface area contributed by atoms with Gasteiger partial charge in [0.1, 0.15) is 0 Å². The number of nitrogens with zero attached hydrogens (tertiary/aromatic N) is 3. The molecule has 0 aliphatic carbocycles. The summed E-state index contributed by atoms with van der Waals surface area (Å²) in [6.45, 7) is 6.45. The molecule has 0 bridgehead atoms. The molecule has 0 radical (unpaired) electrons. The number of pyridine rings is 1. The molecule has 1 unspecified atom stereocenters. The molecule has 1 aromatic heterocycles. The predicted molar refractivity (Wildman–Crippen MR) is 73.0 cm³/mol. The quantitative estimate of drug-likeness (QED) is 0.829. The lowest BCUT2D eigenvalue weighted by Gasteiger charge is -2.31. The number of hydrogen-bond acceptors (Lipinski definition) is 3. The van der Waals surface area contributed by atoms with Crippen molar-refractivity contribution in [2.75, 3.05) is 32.1 Å². The summed E-state index contributed by atoms with van der Waals surface area (Å²) < 4.78 is 1.03. The van der Waals surface area contributed by atoms with Crippen molar-refractivity contribution in [3.63, 3.8) is 0 Å². The number of likely N-dealkylation sites (N-methyl/N-ethyl adjacent to an activating group) is 2. The van der Waals surface area contributed by atoms with Crippen LogP contribution in [0.15, 0.2) is 22.9 Å². The van der Waals surface area contributed by atoms with E-state index in [1.54, 1.807) is 0 Å². The third kappa shape index (κ3) is 3.76. The topological polar surface area (TPSA) is 19.4 Å². The van der Waals surface area contributed by atoms with Gasteiger partial charge in [-0.1, -0.05) is 0 Å². The smallest absolute Gasteiger partial charge is 0.0566 e. The Morgan fingerprint density at radius 1 is 1.38 bits per heavy atom. The van der Waals surface area contributed by atoms with Gasteiger partial charge in [-0.25, -0.2) is 0 Å². The van der Waals surface area contributed by atoms with Crippen LogP contribution >= 0.6 is 15.9 Å². The van der Waals surface area contributed by atoms with Gasteiger partial charge in [0.2, 0.25) is 0 Å². The summed E-state index contributed by atoms with van der Waals surface area (Å²) in [5.41, 5.74) is 1.17. The third-order valence-corrected chi connectivity index (χ3v) is 2.96. The van der Waals surface area contributed by atoms with Crippen molar-refractivity contribution in [2.24, 2.45) is 0 Å². The summed E-state index contributed by atoms with van der Waals surface area (Å²) in [7, 11) is 4.20. The molecule has 1 rings (SSSR count). The molecule has 0 amide bonds. The summed E-state index contributed by atoms with van der Waals surface area (Å²) in [5, 5.41) is 0. The first-order valence-electron chi connectivity index (χ1n) is 5.56. The van der Waals surface area contributed by atoms with Gasteiger partial charge in [-0.15, -0.1) is 0 Å². The molecular weight excluding hydrogens is 266 g/mol. The van der Waals surface area contributed by atoms with Crippen molar-refractivity contribution in [3.8, 4) is 0 Å². The number of halogens is 1. The molecule has 1 aromatic rings. The van der Waals surface area contributed by atoms with Crippen LogP contribution in [0.3, 0.4) is 0 Å². The molecule has 0 aromatic carbocycles. The third-order valence-electron chi connectivity index (χ3n) is 2.52. The van der Waals surface area contributed by atoms with Crippen LogP contribution in [0.1, 0.15) is 13.8 Å². The highest BCUT2D eigenvalue weighted by atomic mass is 79.9. The standard InChI is InChI=1S/C12H20BrN3/c1-5-16(10(2)9-15(3)4)12-6-11(13)7-14-8-12/h6-8,10H,5,9H2,1-4H3.